The van der Waals surface area contributed by atoms with E-state index in [9.17, 15) is 0 Å². The maximum atomic E-state index is 4.81. The number of hydrogen-bond acceptors (Lipinski definition) is 6. The van der Waals surface area contributed by atoms with Crippen LogP contribution in [0.25, 0.3) is 0 Å². The van der Waals surface area contributed by atoms with E-state index in [1.54, 1.807) is 11.3 Å². The maximum Gasteiger partial charge on any atom is 0.191 e. The number of thiazole rings is 1. The molecule has 0 unspecified atom stereocenters. The second-order valence-corrected chi connectivity index (χ2v) is 10.0. The predicted octanol–water partition coefficient (Wildman–Crippen LogP) is 3.02. The standard InChI is InChI=1S/C20H36N6S2/c1-4-21-18(22-14-17-15-28-19(24-17)25(2)3)23-16-20(8-6-5-7-9-20)26-10-12-27-13-11-26/h15H,4-14,16H2,1-3H3,(H2,21,22,23). The summed E-state index contributed by atoms with van der Waals surface area (Å²) in [6.45, 7) is 7.07. The van der Waals surface area contributed by atoms with Crippen molar-refractivity contribution in [1.29, 1.82) is 0 Å². The fourth-order valence-electron chi connectivity index (χ4n) is 4.18. The highest BCUT2D eigenvalue weighted by molar-refractivity contribution is 7.99. The molecule has 6 nitrogen and oxygen atoms in total. The van der Waals surface area contributed by atoms with Crippen molar-refractivity contribution in [3.63, 3.8) is 0 Å². The van der Waals surface area contributed by atoms with Crippen LogP contribution in [-0.4, -0.2) is 73.2 Å². The number of guanidine groups is 1. The number of nitrogens with one attached hydrogen (secondary N) is 2. The van der Waals surface area contributed by atoms with Crippen LogP contribution in [-0.2, 0) is 6.54 Å². The Morgan fingerprint density at radius 3 is 2.61 bits per heavy atom. The summed E-state index contributed by atoms with van der Waals surface area (Å²) < 4.78 is 0. The Bertz CT molecular complexity index is 618. The Hall–Kier alpha value is -0.990. The van der Waals surface area contributed by atoms with E-state index in [1.165, 1.54) is 56.7 Å². The summed E-state index contributed by atoms with van der Waals surface area (Å²) in [6, 6.07) is 0. The summed E-state index contributed by atoms with van der Waals surface area (Å²) in [7, 11) is 4.06. The molecule has 2 aliphatic rings. The third-order valence-electron chi connectivity index (χ3n) is 5.72. The van der Waals surface area contributed by atoms with Crippen molar-refractivity contribution < 1.29 is 0 Å². The number of aliphatic imine (C=N–C) groups is 1. The molecule has 0 aromatic carbocycles. The minimum atomic E-state index is 0.300. The SMILES string of the molecule is CCNC(=NCc1csc(N(C)C)n1)NCC1(N2CCSCC2)CCCCC1. The number of nitrogens with zero attached hydrogens (tertiary/aromatic N) is 4. The number of thioether (sulfide) groups is 1. The van der Waals surface area contributed by atoms with Crippen LogP contribution >= 0.6 is 23.1 Å². The van der Waals surface area contributed by atoms with E-state index in [4.69, 9.17) is 4.99 Å². The Kier molecular flexibility index (Phi) is 8.29. The van der Waals surface area contributed by atoms with Crippen LogP contribution in [0.1, 0.15) is 44.7 Å². The molecule has 2 heterocycles. The highest BCUT2D eigenvalue weighted by Gasteiger charge is 2.38. The minimum absolute atomic E-state index is 0.300. The second kappa shape index (κ2) is 10.7. The average Bonchev–Trinajstić information content (AvgIpc) is 3.21. The quantitative estimate of drug-likeness (QED) is 0.518. The van der Waals surface area contributed by atoms with Gasteiger partial charge in [0, 0.05) is 62.7 Å². The van der Waals surface area contributed by atoms with Gasteiger partial charge in [0.2, 0.25) is 0 Å². The zero-order valence-corrected chi connectivity index (χ0v) is 19.3. The van der Waals surface area contributed by atoms with Crippen molar-refractivity contribution >= 4 is 34.2 Å². The van der Waals surface area contributed by atoms with Crippen LogP contribution in [0.5, 0.6) is 0 Å². The Labute approximate surface area is 178 Å². The van der Waals surface area contributed by atoms with E-state index >= 15 is 0 Å². The lowest BCUT2D eigenvalue weighted by molar-refractivity contribution is 0.0626. The first-order valence-corrected chi connectivity index (χ1v) is 12.6. The highest BCUT2D eigenvalue weighted by Crippen LogP contribution is 2.34. The lowest BCUT2D eigenvalue weighted by Crippen LogP contribution is -2.59. The van der Waals surface area contributed by atoms with Gasteiger partial charge in [0.15, 0.2) is 11.1 Å². The van der Waals surface area contributed by atoms with E-state index in [0.29, 0.717) is 12.1 Å². The van der Waals surface area contributed by atoms with E-state index in [-0.39, 0.29) is 0 Å². The monoisotopic (exact) mass is 424 g/mol. The third kappa shape index (κ3) is 5.76. The minimum Gasteiger partial charge on any atom is -0.357 e. The van der Waals surface area contributed by atoms with Gasteiger partial charge in [-0.15, -0.1) is 11.3 Å². The van der Waals surface area contributed by atoms with E-state index in [2.05, 4.69) is 44.6 Å². The molecule has 1 aliphatic carbocycles. The summed E-state index contributed by atoms with van der Waals surface area (Å²) in [4.78, 5) is 14.3. The molecule has 2 N–H and O–H groups in total. The van der Waals surface area contributed by atoms with Gasteiger partial charge in [-0.25, -0.2) is 9.98 Å². The molecule has 1 aromatic heterocycles. The van der Waals surface area contributed by atoms with Gasteiger partial charge in [0.25, 0.3) is 0 Å². The highest BCUT2D eigenvalue weighted by atomic mass is 32.2. The second-order valence-electron chi connectivity index (χ2n) is 7.95. The fourth-order valence-corrected chi connectivity index (χ4v) is 5.83. The van der Waals surface area contributed by atoms with Gasteiger partial charge in [-0.2, -0.15) is 11.8 Å². The van der Waals surface area contributed by atoms with Gasteiger partial charge in [-0.1, -0.05) is 19.3 Å². The van der Waals surface area contributed by atoms with Gasteiger partial charge in [-0.3, -0.25) is 4.90 Å². The van der Waals surface area contributed by atoms with Crippen molar-refractivity contribution in [2.24, 2.45) is 4.99 Å². The number of anilines is 1. The largest absolute Gasteiger partial charge is 0.357 e. The molecule has 1 aromatic rings. The summed E-state index contributed by atoms with van der Waals surface area (Å²) in [5, 5.41) is 10.2. The molecule has 0 radical (unpaired) electrons. The Balaban J connectivity index is 1.64. The van der Waals surface area contributed by atoms with Crippen LogP contribution in [0.2, 0.25) is 0 Å². The van der Waals surface area contributed by atoms with Crippen LogP contribution < -0.4 is 15.5 Å². The molecule has 1 aliphatic heterocycles. The zero-order valence-electron chi connectivity index (χ0n) is 17.7. The van der Waals surface area contributed by atoms with Crippen LogP contribution in [0.15, 0.2) is 10.4 Å². The molecule has 0 bridgehead atoms. The van der Waals surface area contributed by atoms with Gasteiger partial charge in [0.05, 0.1) is 12.2 Å². The summed E-state index contributed by atoms with van der Waals surface area (Å²) in [5.74, 6) is 3.46. The van der Waals surface area contributed by atoms with E-state index in [1.807, 2.05) is 19.0 Å². The van der Waals surface area contributed by atoms with E-state index < -0.39 is 0 Å². The first kappa shape index (κ1) is 21.7. The fraction of sp³-hybridized carbons (Fsp3) is 0.800. The summed E-state index contributed by atoms with van der Waals surface area (Å²) in [6.07, 6.45) is 6.71. The molecular weight excluding hydrogens is 388 g/mol. The molecule has 0 amide bonds. The van der Waals surface area contributed by atoms with E-state index in [0.717, 1.165) is 29.9 Å². The molecule has 0 atom stereocenters. The summed E-state index contributed by atoms with van der Waals surface area (Å²) >= 11 is 3.77. The molecule has 8 heteroatoms. The predicted molar refractivity (Wildman–Crippen MR) is 124 cm³/mol. The Morgan fingerprint density at radius 1 is 1.21 bits per heavy atom. The zero-order chi connectivity index (χ0) is 19.8. The molecular formula is C20H36N6S2. The van der Waals surface area contributed by atoms with Crippen molar-refractivity contribution in [3.8, 4) is 0 Å². The van der Waals surface area contributed by atoms with Gasteiger partial charge in [-0.05, 0) is 19.8 Å². The first-order valence-electron chi connectivity index (χ1n) is 10.6. The molecule has 2 fully saturated rings. The van der Waals surface area contributed by atoms with Gasteiger partial charge < -0.3 is 15.5 Å². The average molecular weight is 425 g/mol. The molecule has 1 saturated heterocycles. The molecule has 28 heavy (non-hydrogen) atoms. The van der Waals surface area contributed by atoms with Crippen molar-refractivity contribution in [2.75, 3.05) is 56.7 Å². The number of hydrogen-bond donors (Lipinski definition) is 2. The van der Waals surface area contributed by atoms with Gasteiger partial charge >= 0.3 is 0 Å². The molecule has 1 saturated carbocycles. The lowest BCUT2D eigenvalue weighted by atomic mass is 9.80. The van der Waals surface area contributed by atoms with Gasteiger partial charge in [0.1, 0.15) is 0 Å². The van der Waals surface area contributed by atoms with Crippen LogP contribution in [0.3, 0.4) is 0 Å². The van der Waals surface area contributed by atoms with Crippen molar-refractivity contribution in [2.45, 2.75) is 51.1 Å². The smallest absolute Gasteiger partial charge is 0.191 e. The molecule has 3 rings (SSSR count). The Morgan fingerprint density at radius 2 is 1.96 bits per heavy atom. The number of rotatable bonds is 7. The summed E-state index contributed by atoms with van der Waals surface area (Å²) in [5.41, 5.74) is 1.33. The maximum absolute atomic E-state index is 4.81. The normalized spacial score (nSPS) is 20.8. The van der Waals surface area contributed by atoms with Crippen LogP contribution in [0.4, 0.5) is 5.13 Å². The third-order valence-corrected chi connectivity index (χ3v) is 7.72. The lowest BCUT2D eigenvalue weighted by Gasteiger charge is -2.48. The first-order chi connectivity index (χ1) is 13.6. The molecule has 158 valence electrons. The number of aromatic nitrogens is 1. The molecule has 0 spiro atoms. The van der Waals surface area contributed by atoms with Crippen molar-refractivity contribution in [3.05, 3.63) is 11.1 Å². The topological polar surface area (TPSA) is 55.8 Å². The van der Waals surface area contributed by atoms with Crippen molar-refractivity contribution in [1.82, 2.24) is 20.5 Å². The van der Waals surface area contributed by atoms with Crippen LogP contribution in [0, 0.1) is 0 Å².